The number of carbonyl (C=O) groups is 1. The summed E-state index contributed by atoms with van der Waals surface area (Å²) in [5.74, 6) is -1.64. The standard InChI is InChI=1S/C6H8N2O8/c9-5(10)6(16-8(13)14)3-1-2-4(6)15-7(11)12/h4H,1-3H2,(H,9,10). The second kappa shape index (κ2) is 4.16. The van der Waals surface area contributed by atoms with Crippen LogP contribution in [0.15, 0.2) is 0 Å². The molecule has 0 radical (unpaired) electrons. The zero-order valence-corrected chi connectivity index (χ0v) is 7.90. The van der Waals surface area contributed by atoms with Crippen molar-refractivity contribution in [3.63, 3.8) is 0 Å². The van der Waals surface area contributed by atoms with E-state index in [1.54, 1.807) is 0 Å². The second-order valence-electron chi connectivity index (χ2n) is 3.22. The minimum absolute atomic E-state index is 0.0150. The average molecular weight is 236 g/mol. The lowest BCUT2D eigenvalue weighted by molar-refractivity contribution is -0.804. The minimum Gasteiger partial charge on any atom is -0.479 e. The molecule has 1 aliphatic carbocycles. The number of carboxylic acid groups (broad SMARTS) is 1. The third kappa shape index (κ3) is 2.10. The van der Waals surface area contributed by atoms with Gasteiger partial charge in [0.25, 0.3) is 10.2 Å². The van der Waals surface area contributed by atoms with Crippen molar-refractivity contribution >= 4 is 5.97 Å². The van der Waals surface area contributed by atoms with Crippen LogP contribution in [-0.2, 0) is 14.5 Å². The van der Waals surface area contributed by atoms with Crippen LogP contribution < -0.4 is 0 Å². The molecule has 0 aromatic carbocycles. The average Bonchev–Trinajstić information content (AvgIpc) is 2.47. The summed E-state index contributed by atoms with van der Waals surface area (Å²) in [7, 11) is 0. The van der Waals surface area contributed by atoms with Gasteiger partial charge in [-0.3, -0.25) is 4.84 Å². The summed E-state index contributed by atoms with van der Waals surface area (Å²) < 4.78 is 0. The maximum atomic E-state index is 10.9. The maximum Gasteiger partial charge on any atom is 0.338 e. The molecule has 1 fully saturated rings. The first-order chi connectivity index (χ1) is 7.38. The Bertz CT molecular complexity index is 330. The van der Waals surface area contributed by atoms with Crippen molar-refractivity contribution in [3.05, 3.63) is 20.2 Å². The summed E-state index contributed by atoms with van der Waals surface area (Å²) in [6, 6.07) is 0. The highest BCUT2D eigenvalue weighted by Gasteiger charge is 2.55. The molecule has 1 aliphatic rings. The van der Waals surface area contributed by atoms with Gasteiger partial charge in [-0.15, -0.1) is 20.2 Å². The fourth-order valence-electron chi connectivity index (χ4n) is 1.71. The van der Waals surface area contributed by atoms with Gasteiger partial charge in [0.15, 0.2) is 0 Å². The van der Waals surface area contributed by atoms with Crippen LogP contribution in [0.2, 0.25) is 0 Å². The molecule has 0 aliphatic heterocycles. The summed E-state index contributed by atoms with van der Waals surface area (Å²) in [5.41, 5.74) is -2.28. The monoisotopic (exact) mass is 236 g/mol. The van der Waals surface area contributed by atoms with Crippen LogP contribution in [-0.4, -0.2) is 33.0 Å². The van der Waals surface area contributed by atoms with Gasteiger partial charge in [-0.2, -0.15) is 0 Å². The Morgan fingerprint density at radius 2 is 2.00 bits per heavy atom. The first kappa shape index (κ1) is 11.9. The van der Waals surface area contributed by atoms with Gasteiger partial charge >= 0.3 is 5.97 Å². The predicted octanol–water partition coefficient (Wildman–Crippen LogP) is -0.221. The number of carboxylic acids is 1. The van der Waals surface area contributed by atoms with E-state index in [1.807, 2.05) is 0 Å². The Morgan fingerprint density at radius 1 is 1.38 bits per heavy atom. The summed E-state index contributed by atoms with van der Waals surface area (Å²) in [4.78, 5) is 39.4. The molecule has 0 saturated heterocycles. The number of rotatable bonds is 5. The number of hydrogen-bond acceptors (Lipinski definition) is 7. The first-order valence-corrected chi connectivity index (χ1v) is 4.26. The molecule has 16 heavy (non-hydrogen) atoms. The lowest BCUT2D eigenvalue weighted by Crippen LogP contribution is -2.51. The smallest absolute Gasteiger partial charge is 0.338 e. The van der Waals surface area contributed by atoms with Gasteiger partial charge in [0.2, 0.25) is 5.60 Å². The molecule has 90 valence electrons. The normalized spacial score (nSPS) is 28.4. The van der Waals surface area contributed by atoms with E-state index in [0.29, 0.717) is 0 Å². The minimum atomic E-state index is -2.28. The lowest BCUT2D eigenvalue weighted by Gasteiger charge is -2.26. The quantitative estimate of drug-likeness (QED) is 0.509. The fraction of sp³-hybridized carbons (Fsp3) is 0.833. The van der Waals surface area contributed by atoms with Gasteiger partial charge in [-0.05, 0) is 19.3 Å². The van der Waals surface area contributed by atoms with Crippen LogP contribution in [0.4, 0.5) is 0 Å². The van der Waals surface area contributed by atoms with Gasteiger partial charge in [0.1, 0.15) is 6.10 Å². The molecule has 0 amide bonds. The van der Waals surface area contributed by atoms with Gasteiger partial charge in [-0.25, -0.2) is 4.79 Å². The number of aliphatic carboxylic acids is 1. The van der Waals surface area contributed by atoms with Gasteiger partial charge in [0, 0.05) is 0 Å². The zero-order chi connectivity index (χ0) is 12.3. The van der Waals surface area contributed by atoms with Crippen molar-refractivity contribution in [3.8, 4) is 0 Å². The summed E-state index contributed by atoms with van der Waals surface area (Å²) in [6.45, 7) is 0. The summed E-state index contributed by atoms with van der Waals surface area (Å²) in [6.07, 6.45) is -1.42. The number of nitrogens with zero attached hydrogens (tertiary/aromatic N) is 2. The van der Waals surface area contributed by atoms with E-state index in [1.165, 1.54) is 0 Å². The van der Waals surface area contributed by atoms with Crippen molar-refractivity contribution in [1.29, 1.82) is 0 Å². The molecule has 0 spiro atoms. The Kier molecular flexibility index (Phi) is 3.11. The topological polar surface area (TPSA) is 142 Å². The SMILES string of the molecule is O=C(O)C1(O[N+](=O)[O-])CCCC1O[N+](=O)[O-]. The highest BCUT2D eigenvalue weighted by molar-refractivity contribution is 5.78. The lowest BCUT2D eigenvalue weighted by atomic mass is 10.0. The Balaban J connectivity index is 2.93. The summed E-state index contributed by atoms with van der Waals surface area (Å²) >= 11 is 0. The maximum absolute atomic E-state index is 10.9. The first-order valence-electron chi connectivity index (χ1n) is 4.26. The third-order valence-electron chi connectivity index (χ3n) is 2.35. The highest BCUT2D eigenvalue weighted by Crippen LogP contribution is 2.36. The van der Waals surface area contributed by atoms with Crippen molar-refractivity contribution in [2.75, 3.05) is 0 Å². The second-order valence-corrected chi connectivity index (χ2v) is 3.22. The molecule has 2 unspecified atom stereocenters. The molecule has 0 heterocycles. The molecule has 0 bridgehead atoms. The Morgan fingerprint density at radius 3 is 2.44 bits per heavy atom. The van der Waals surface area contributed by atoms with Crippen LogP contribution in [0.5, 0.6) is 0 Å². The van der Waals surface area contributed by atoms with Crippen molar-refractivity contribution in [2.24, 2.45) is 0 Å². The van der Waals surface area contributed by atoms with E-state index < -0.39 is 27.8 Å². The molecule has 0 aromatic heterocycles. The molecule has 1 saturated carbocycles. The van der Waals surface area contributed by atoms with E-state index in [9.17, 15) is 25.0 Å². The molecular weight excluding hydrogens is 228 g/mol. The van der Waals surface area contributed by atoms with E-state index in [-0.39, 0.29) is 19.3 Å². The van der Waals surface area contributed by atoms with Gasteiger partial charge < -0.3 is 9.94 Å². The van der Waals surface area contributed by atoms with E-state index in [4.69, 9.17) is 5.11 Å². The van der Waals surface area contributed by atoms with E-state index in [2.05, 4.69) is 9.68 Å². The van der Waals surface area contributed by atoms with Crippen LogP contribution >= 0.6 is 0 Å². The molecule has 10 nitrogen and oxygen atoms in total. The predicted molar refractivity (Wildman–Crippen MR) is 44.2 cm³/mol. The molecule has 0 aromatic rings. The van der Waals surface area contributed by atoms with Crippen LogP contribution in [0.1, 0.15) is 19.3 Å². The van der Waals surface area contributed by atoms with Crippen molar-refractivity contribution in [2.45, 2.75) is 31.0 Å². The molecule has 2 atom stereocenters. The molecule has 1 rings (SSSR count). The Labute approximate surface area is 88.0 Å². The largest absolute Gasteiger partial charge is 0.479 e. The molecular formula is C6H8N2O8. The van der Waals surface area contributed by atoms with Crippen molar-refractivity contribution in [1.82, 2.24) is 0 Å². The van der Waals surface area contributed by atoms with E-state index in [0.717, 1.165) is 0 Å². The Hall–Kier alpha value is -2.13. The fourth-order valence-corrected chi connectivity index (χ4v) is 1.71. The molecule has 1 N–H and O–H groups in total. The van der Waals surface area contributed by atoms with Gasteiger partial charge in [0.05, 0.1) is 0 Å². The molecule has 10 heteroatoms. The van der Waals surface area contributed by atoms with Crippen LogP contribution in [0, 0.1) is 20.2 Å². The third-order valence-corrected chi connectivity index (χ3v) is 2.35. The zero-order valence-electron chi connectivity index (χ0n) is 7.90. The van der Waals surface area contributed by atoms with Crippen LogP contribution in [0.3, 0.4) is 0 Å². The van der Waals surface area contributed by atoms with Crippen LogP contribution in [0.25, 0.3) is 0 Å². The summed E-state index contributed by atoms with van der Waals surface area (Å²) in [5, 5.41) is 26.7. The van der Waals surface area contributed by atoms with Gasteiger partial charge in [-0.1, -0.05) is 0 Å². The van der Waals surface area contributed by atoms with E-state index >= 15 is 0 Å². The highest BCUT2D eigenvalue weighted by atomic mass is 17.0. The van der Waals surface area contributed by atoms with Crippen molar-refractivity contribution < 1.29 is 29.7 Å². The number of hydrogen-bond donors (Lipinski definition) is 1.